The van der Waals surface area contributed by atoms with Gasteiger partial charge in [0, 0.05) is 17.7 Å². The summed E-state index contributed by atoms with van der Waals surface area (Å²) in [5.41, 5.74) is 3.62. The summed E-state index contributed by atoms with van der Waals surface area (Å²) in [5, 5.41) is 10.8. The van der Waals surface area contributed by atoms with E-state index in [2.05, 4.69) is 16.7 Å². The number of carbonyl (C=O) groups excluding carboxylic acids is 1. The van der Waals surface area contributed by atoms with Crippen molar-refractivity contribution in [1.29, 1.82) is 0 Å². The van der Waals surface area contributed by atoms with Gasteiger partial charge in [0.2, 0.25) is 12.1 Å². The van der Waals surface area contributed by atoms with Gasteiger partial charge < -0.3 is 0 Å². The Balaban J connectivity index is 1.63. The Morgan fingerprint density at radius 1 is 0.929 bits per heavy atom. The van der Waals surface area contributed by atoms with Crippen molar-refractivity contribution in [2.75, 3.05) is 0 Å². The van der Waals surface area contributed by atoms with E-state index >= 15 is 0 Å². The molecule has 6 heteroatoms. The number of nitro benzene ring substituents is 1. The van der Waals surface area contributed by atoms with Crippen molar-refractivity contribution in [2.24, 2.45) is 0 Å². The zero-order valence-corrected chi connectivity index (χ0v) is 15.1. The lowest BCUT2D eigenvalue weighted by Crippen LogP contribution is -2.33. The van der Waals surface area contributed by atoms with Crippen LogP contribution < -0.4 is 4.57 Å². The van der Waals surface area contributed by atoms with Gasteiger partial charge in [-0.05, 0) is 29.8 Å². The summed E-state index contributed by atoms with van der Waals surface area (Å²) in [6.45, 7) is 0.875. The maximum Gasteiger partial charge on any atom is 0.269 e. The second kappa shape index (κ2) is 7.44. The smallest absolute Gasteiger partial charge is 0.269 e. The van der Waals surface area contributed by atoms with E-state index in [9.17, 15) is 14.9 Å². The quantitative estimate of drug-likeness (QED) is 0.224. The molecule has 4 aromatic rings. The molecule has 0 fully saturated rings. The summed E-state index contributed by atoms with van der Waals surface area (Å²) in [6.07, 6.45) is 1.95. The molecule has 138 valence electrons. The van der Waals surface area contributed by atoms with Gasteiger partial charge in [0.05, 0.1) is 4.92 Å². The minimum atomic E-state index is -0.472. The van der Waals surface area contributed by atoms with Crippen LogP contribution >= 0.6 is 0 Å². The van der Waals surface area contributed by atoms with Crippen LogP contribution in [0.2, 0.25) is 0 Å². The highest BCUT2D eigenvalue weighted by atomic mass is 16.6. The molecular weight excluding hydrogens is 354 g/mol. The molecule has 0 bridgehead atoms. The number of nitro groups is 1. The van der Waals surface area contributed by atoms with E-state index in [1.807, 2.05) is 53.4 Å². The third-order valence-electron chi connectivity index (χ3n) is 4.69. The second-order valence-electron chi connectivity index (χ2n) is 6.57. The fourth-order valence-corrected chi connectivity index (χ4v) is 3.29. The van der Waals surface area contributed by atoms with Crippen molar-refractivity contribution in [2.45, 2.75) is 13.1 Å². The minimum Gasteiger partial charge on any atom is -0.290 e. The van der Waals surface area contributed by atoms with Crippen LogP contribution in [0.1, 0.15) is 15.9 Å². The zero-order chi connectivity index (χ0) is 19.5. The number of fused-ring (bicyclic) bond motifs is 1. The normalized spacial score (nSPS) is 10.9. The molecule has 0 saturated heterocycles. The van der Waals surface area contributed by atoms with Crippen molar-refractivity contribution in [1.82, 2.24) is 4.57 Å². The molecule has 4 rings (SSSR count). The number of rotatable bonds is 6. The lowest BCUT2D eigenvalue weighted by atomic mass is 10.1. The predicted molar refractivity (Wildman–Crippen MR) is 105 cm³/mol. The van der Waals surface area contributed by atoms with Crippen molar-refractivity contribution in [3.05, 3.63) is 106 Å². The molecule has 0 N–H and O–H groups in total. The average molecular weight is 372 g/mol. The number of carbonyl (C=O) groups is 1. The number of para-hydroxylation sites is 2. The largest absolute Gasteiger partial charge is 0.290 e. The van der Waals surface area contributed by atoms with Crippen LogP contribution in [0.25, 0.3) is 11.0 Å². The fraction of sp³-hybridized carbons (Fsp3) is 0.0909. The monoisotopic (exact) mass is 372 g/mol. The lowest BCUT2D eigenvalue weighted by Gasteiger charge is -1.99. The number of hydrogen-bond acceptors (Lipinski definition) is 3. The Morgan fingerprint density at radius 3 is 2.32 bits per heavy atom. The molecule has 6 nitrogen and oxygen atoms in total. The minimum absolute atomic E-state index is 0.0244. The third-order valence-corrected chi connectivity index (χ3v) is 4.69. The first-order valence-electron chi connectivity index (χ1n) is 8.91. The van der Waals surface area contributed by atoms with E-state index in [4.69, 9.17) is 0 Å². The van der Waals surface area contributed by atoms with Crippen LogP contribution in [0, 0.1) is 10.1 Å². The molecule has 1 heterocycles. The lowest BCUT2D eigenvalue weighted by molar-refractivity contribution is -0.663. The number of Topliss-reactive ketones (excluding diaryl/α,β-unsaturated/α-hetero) is 1. The molecule has 0 amide bonds. The molecule has 0 saturated carbocycles. The van der Waals surface area contributed by atoms with Crippen molar-refractivity contribution >= 4 is 22.5 Å². The molecular formula is C22H18N3O3+. The number of ketones is 1. The van der Waals surface area contributed by atoms with E-state index in [-0.39, 0.29) is 18.0 Å². The highest BCUT2D eigenvalue weighted by Gasteiger charge is 2.19. The summed E-state index contributed by atoms with van der Waals surface area (Å²) >= 11 is 0. The van der Waals surface area contributed by atoms with E-state index in [0.29, 0.717) is 12.1 Å². The number of nitrogens with zero attached hydrogens (tertiary/aromatic N) is 3. The summed E-state index contributed by atoms with van der Waals surface area (Å²) in [4.78, 5) is 23.0. The summed E-state index contributed by atoms with van der Waals surface area (Å²) in [6, 6.07) is 23.8. The average Bonchev–Trinajstić information content (AvgIpc) is 3.06. The number of benzene rings is 3. The van der Waals surface area contributed by atoms with Crippen molar-refractivity contribution in [3.63, 3.8) is 0 Å². The van der Waals surface area contributed by atoms with Gasteiger partial charge in [0.25, 0.3) is 5.69 Å². The van der Waals surface area contributed by atoms with Crippen LogP contribution in [-0.4, -0.2) is 15.3 Å². The molecule has 0 unspecified atom stereocenters. The molecule has 1 aromatic heterocycles. The summed E-state index contributed by atoms with van der Waals surface area (Å²) in [5.74, 6) is -0.0949. The topological polar surface area (TPSA) is 69.0 Å². The van der Waals surface area contributed by atoms with Gasteiger partial charge in [-0.3, -0.25) is 14.9 Å². The Labute approximate surface area is 161 Å². The highest BCUT2D eigenvalue weighted by molar-refractivity contribution is 5.96. The summed E-state index contributed by atoms with van der Waals surface area (Å²) < 4.78 is 4.04. The third kappa shape index (κ3) is 3.53. The van der Waals surface area contributed by atoms with Crippen LogP contribution in [0.4, 0.5) is 5.69 Å². The van der Waals surface area contributed by atoms with Gasteiger partial charge in [-0.25, -0.2) is 9.13 Å². The molecule has 0 aliphatic carbocycles. The van der Waals surface area contributed by atoms with Crippen LogP contribution in [0.5, 0.6) is 0 Å². The fourth-order valence-electron chi connectivity index (χ4n) is 3.29. The van der Waals surface area contributed by atoms with Crippen molar-refractivity contribution < 1.29 is 14.3 Å². The SMILES string of the molecule is O=C(Cn1c[n+](Cc2ccccc2)c2ccccc21)c1ccc([N+](=O)[O-])cc1. The van der Waals surface area contributed by atoms with Gasteiger partial charge in [-0.2, -0.15) is 0 Å². The highest BCUT2D eigenvalue weighted by Crippen LogP contribution is 2.15. The maximum absolute atomic E-state index is 12.7. The first kappa shape index (κ1) is 17.6. The van der Waals surface area contributed by atoms with E-state index in [0.717, 1.165) is 11.0 Å². The first-order valence-corrected chi connectivity index (χ1v) is 8.91. The molecule has 0 aliphatic heterocycles. The van der Waals surface area contributed by atoms with Gasteiger partial charge in [0.15, 0.2) is 17.6 Å². The standard InChI is InChI=1S/C22H18N3O3/c26-22(18-10-12-19(13-11-18)25(27)28)15-24-16-23(14-17-6-2-1-3-7-17)20-8-4-5-9-21(20)24/h1-13,16H,14-15H2/q+1. The molecule has 3 aromatic carbocycles. The molecule has 0 aliphatic rings. The maximum atomic E-state index is 12.7. The predicted octanol–water partition coefficient (Wildman–Crippen LogP) is 3.77. The van der Waals surface area contributed by atoms with Crippen LogP contribution in [0.3, 0.4) is 0 Å². The Kier molecular flexibility index (Phi) is 4.68. The molecule has 0 radical (unpaired) electrons. The molecule has 0 spiro atoms. The molecule has 28 heavy (non-hydrogen) atoms. The zero-order valence-electron chi connectivity index (χ0n) is 15.1. The number of aromatic nitrogens is 2. The molecule has 0 atom stereocenters. The summed E-state index contributed by atoms with van der Waals surface area (Å²) in [7, 11) is 0. The van der Waals surface area contributed by atoms with Gasteiger partial charge in [-0.1, -0.05) is 42.5 Å². The number of non-ortho nitro benzene ring substituents is 1. The number of hydrogen-bond donors (Lipinski definition) is 0. The van der Waals surface area contributed by atoms with Crippen LogP contribution in [0.15, 0.2) is 85.2 Å². The van der Waals surface area contributed by atoms with E-state index < -0.39 is 4.92 Å². The second-order valence-corrected chi connectivity index (χ2v) is 6.57. The Hall–Kier alpha value is -3.80. The Morgan fingerprint density at radius 2 is 1.61 bits per heavy atom. The number of imidazole rings is 1. The van der Waals surface area contributed by atoms with Gasteiger partial charge >= 0.3 is 0 Å². The Bertz CT molecular complexity index is 1150. The van der Waals surface area contributed by atoms with Crippen molar-refractivity contribution in [3.8, 4) is 0 Å². The van der Waals surface area contributed by atoms with E-state index in [1.54, 1.807) is 0 Å². The van der Waals surface area contributed by atoms with Gasteiger partial charge in [0.1, 0.15) is 6.54 Å². The van der Waals surface area contributed by atoms with Crippen LogP contribution in [-0.2, 0) is 13.1 Å². The first-order chi connectivity index (χ1) is 13.6. The van der Waals surface area contributed by atoms with E-state index in [1.165, 1.54) is 29.8 Å². The van der Waals surface area contributed by atoms with Gasteiger partial charge in [-0.15, -0.1) is 0 Å².